The van der Waals surface area contributed by atoms with Crippen molar-refractivity contribution in [3.8, 4) is 0 Å². The van der Waals surface area contributed by atoms with Crippen LogP contribution in [0.25, 0.3) is 5.57 Å². The highest BCUT2D eigenvalue weighted by molar-refractivity contribution is 6.29. The summed E-state index contributed by atoms with van der Waals surface area (Å²) in [5, 5.41) is 0.407. The predicted octanol–water partition coefficient (Wildman–Crippen LogP) is 4.64. The molecule has 0 aliphatic carbocycles. The number of rotatable bonds is 4. The highest BCUT2D eigenvalue weighted by Gasteiger charge is 2.09. The molecule has 1 aromatic carbocycles. The molecule has 0 N–H and O–H groups in total. The summed E-state index contributed by atoms with van der Waals surface area (Å²) in [6, 6.07) is 8.30. The monoisotopic (exact) mass is 284 g/mol. The van der Waals surface area contributed by atoms with Crippen LogP contribution in [0.4, 0.5) is 0 Å². The van der Waals surface area contributed by atoms with Crippen molar-refractivity contribution < 1.29 is 0 Å². The molecular formula is C17H17ClN2. The van der Waals surface area contributed by atoms with Crippen LogP contribution in [0.2, 0.25) is 5.15 Å². The molecule has 0 aliphatic rings. The van der Waals surface area contributed by atoms with Gasteiger partial charge in [0.05, 0.1) is 18.1 Å². The van der Waals surface area contributed by atoms with Crippen molar-refractivity contribution >= 4 is 17.2 Å². The van der Waals surface area contributed by atoms with Crippen LogP contribution in [0.1, 0.15) is 23.7 Å². The summed E-state index contributed by atoms with van der Waals surface area (Å²) in [5.41, 5.74) is 5.50. The molecule has 1 aromatic heterocycles. The number of aryl methyl sites for hydroxylation is 1. The average molecular weight is 285 g/mol. The van der Waals surface area contributed by atoms with Gasteiger partial charge in [0.2, 0.25) is 0 Å². The Balaban J connectivity index is 2.23. The van der Waals surface area contributed by atoms with Crippen LogP contribution >= 0.6 is 11.6 Å². The van der Waals surface area contributed by atoms with E-state index in [0.717, 1.165) is 16.8 Å². The van der Waals surface area contributed by atoms with E-state index in [1.54, 1.807) is 12.4 Å². The van der Waals surface area contributed by atoms with Crippen LogP contribution in [0, 0.1) is 6.92 Å². The first-order valence-electron chi connectivity index (χ1n) is 6.48. The van der Waals surface area contributed by atoms with Crippen molar-refractivity contribution in [3.05, 3.63) is 76.9 Å². The van der Waals surface area contributed by atoms with Crippen molar-refractivity contribution in [2.75, 3.05) is 0 Å². The van der Waals surface area contributed by atoms with E-state index in [0.29, 0.717) is 11.6 Å². The van der Waals surface area contributed by atoms with Gasteiger partial charge in [0.25, 0.3) is 0 Å². The lowest BCUT2D eigenvalue weighted by Crippen LogP contribution is -1.98. The Morgan fingerprint density at radius 2 is 2.00 bits per heavy atom. The maximum atomic E-state index is 5.75. The smallest absolute Gasteiger partial charge is 0.147 e. The Labute approximate surface area is 124 Å². The van der Waals surface area contributed by atoms with Gasteiger partial charge in [0.1, 0.15) is 5.15 Å². The molecule has 0 amide bonds. The molecule has 0 aliphatic heterocycles. The lowest BCUT2D eigenvalue weighted by atomic mass is 9.93. The van der Waals surface area contributed by atoms with Crippen LogP contribution in [0.15, 0.2) is 54.9 Å². The molecular weight excluding hydrogens is 268 g/mol. The van der Waals surface area contributed by atoms with E-state index < -0.39 is 0 Å². The molecule has 2 aromatic rings. The van der Waals surface area contributed by atoms with Crippen LogP contribution < -0.4 is 0 Å². The summed E-state index contributed by atoms with van der Waals surface area (Å²) < 4.78 is 0. The molecule has 0 spiro atoms. The van der Waals surface area contributed by atoms with Gasteiger partial charge in [-0.05, 0) is 36.1 Å². The van der Waals surface area contributed by atoms with Crippen molar-refractivity contribution in [3.63, 3.8) is 0 Å². The van der Waals surface area contributed by atoms with Gasteiger partial charge >= 0.3 is 0 Å². The molecule has 2 rings (SSSR count). The fourth-order valence-electron chi connectivity index (χ4n) is 2.17. The van der Waals surface area contributed by atoms with Gasteiger partial charge in [-0.15, -0.1) is 0 Å². The van der Waals surface area contributed by atoms with Crippen molar-refractivity contribution in [1.29, 1.82) is 0 Å². The van der Waals surface area contributed by atoms with E-state index in [2.05, 4.69) is 41.7 Å². The Morgan fingerprint density at radius 1 is 1.25 bits per heavy atom. The minimum Gasteiger partial charge on any atom is -0.256 e. The van der Waals surface area contributed by atoms with E-state index in [4.69, 9.17) is 11.6 Å². The minimum atomic E-state index is 0.407. The van der Waals surface area contributed by atoms with E-state index in [9.17, 15) is 0 Å². The molecule has 0 unspecified atom stereocenters. The Kier molecular flexibility index (Phi) is 4.70. The van der Waals surface area contributed by atoms with E-state index in [-0.39, 0.29) is 0 Å². The number of aromatic nitrogens is 2. The quantitative estimate of drug-likeness (QED) is 0.764. The van der Waals surface area contributed by atoms with E-state index >= 15 is 0 Å². The third kappa shape index (κ3) is 3.34. The SMILES string of the molecule is C=C(Cc1cnc(Cl)cn1)/C(=C/C)c1ccccc1C. The summed E-state index contributed by atoms with van der Waals surface area (Å²) in [6.07, 6.45) is 6.01. The van der Waals surface area contributed by atoms with Gasteiger partial charge in [0.15, 0.2) is 0 Å². The van der Waals surface area contributed by atoms with Gasteiger partial charge < -0.3 is 0 Å². The number of benzene rings is 1. The van der Waals surface area contributed by atoms with Gasteiger partial charge in [-0.2, -0.15) is 0 Å². The standard InChI is InChI=1S/C17H17ClN2/c1-4-15(16-8-6-5-7-12(16)2)13(3)9-14-10-20-17(18)11-19-14/h4-8,10-11H,3,9H2,1-2H3/b15-4-. The number of halogens is 1. The molecule has 0 saturated heterocycles. The zero-order valence-corrected chi connectivity index (χ0v) is 12.5. The fourth-order valence-corrected chi connectivity index (χ4v) is 2.27. The summed E-state index contributed by atoms with van der Waals surface area (Å²) in [7, 11) is 0. The second-order valence-electron chi connectivity index (χ2n) is 4.63. The van der Waals surface area contributed by atoms with Crippen LogP contribution in [0.3, 0.4) is 0 Å². The van der Waals surface area contributed by atoms with Gasteiger partial charge in [-0.1, -0.05) is 48.5 Å². The molecule has 2 nitrogen and oxygen atoms in total. The summed E-state index contributed by atoms with van der Waals surface area (Å²) in [6.45, 7) is 8.33. The Bertz CT molecular complexity index is 642. The first kappa shape index (κ1) is 14.5. The number of nitrogens with zero attached hydrogens (tertiary/aromatic N) is 2. The number of hydrogen-bond donors (Lipinski definition) is 0. The highest BCUT2D eigenvalue weighted by Crippen LogP contribution is 2.26. The summed E-state index contributed by atoms with van der Waals surface area (Å²) >= 11 is 5.75. The zero-order valence-electron chi connectivity index (χ0n) is 11.7. The molecule has 0 saturated carbocycles. The molecule has 102 valence electrons. The van der Waals surface area contributed by atoms with E-state index in [1.165, 1.54) is 11.1 Å². The van der Waals surface area contributed by atoms with Crippen molar-refractivity contribution in [2.45, 2.75) is 20.3 Å². The molecule has 0 atom stereocenters. The van der Waals surface area contributed by atoms with Gasteiger partial charge in [-0.25, -0.2) is 4.98 Å². The topological polar surface area (TPSA) is 25.8 Å². The summed E-state index contributed by atoms with van der Waals surface area (Å²) in [5.74, 6) is 0. The van der Waals surface area contributed by atoms with Crippen LogP contribution in [-0.2, 0) is 6.42 Å². The maximum absolute atomic E-state index is 5.75. The Morgan fingerprint density at radius 3 is 2.60 bits per heavy atom. The molecule has 0 fully saturated rings. The molecule has 0 radical (unpaired) electrons. The lowest BCUT2D eigenvalue weighted by Gasteiger charge is -2.13. The first-order chi connectivity index (χ1) is 9.61. The normalized spacial score (nSPS) is 11.4. The molecule has 1 heterocycles. The largest absolute Gasteiger partial charge is 0.256 e. The fraction of sp³-hybridized carbons (Fsp3) is 0.176. The van der Waals surface area contributed by atoms with Crippen LogP contribution in [-0.4, -0.2) is 9.97 Å². The molecule has 20 heavy (non-hydrogen) atoms. The minimum absolute atomic E-state index is 0.407. The second kappa shape index (κ2) is 6.49. The number of allylic oxidation sites excluding steroid dienone is 3. The average Bonchev–Trinajstić information content (AvgIpc) is 2.44. The highest BCUT2D eigenvalue weighted by atomic mass is 35.5. The van der Waals surface area contributed by atoms with Gasteiger partial charge in [0, 0.05) is 6.42 Å². The molecule has 3 heteroatoms. The van der Waals surface area contributed by atoms with Gasteiger partial charge in [-0.3, -0.25) is 4.98 Å². The third-order valence-corrected chi connectivity index (χ3v) is 3.37. The van der Waals surface area contributed by atoms with Crippen molar-refractivity contribution in [1.82, 2.24) is 9.97 Å². The summed E-state index contributed by atoms with van der Waals surface area (Å²) in [4.78, 5) is 8.32. The maximum Gasteiger partial charge on any atom is 0.147 e. The number of hydrogen-bond acceptors (Lipinski definition) is 2. The second-order valence-corrected chi connectivity index (χ2v) is 5.02. The third-order valence-electron chi connectivity index (χ3n) is 3.17. The molecule has 0 bridgehead atoms. The van der Waals surface area contributed by atoms with Crippen LogP contribution in [0.5, 0.6) is 0 Å². The van der Waals surface area contributed by atoms with E-state index in [1.807, 2.05) is 19.1 Å². The predicted molar refractivity (Wildman–Crippen MR) is 84.7 cm³/mol. The Hall–Kier alpha value is -1.93. The van der Waals surface area contributed by atoms with Crippen molar-refractivity contribution in [2.24, 2.45) is 0 Å². The zero-order chi connectivity index (χ0) is 14.5. The lowest BCUT2D eigenvalue weighted by molar-refractivity contribution is 1.04. The first-order valence-corrected chi connectivity index (χ1v) is 6.86.